The summed E-state index contributed by atoms with van der Waals surface area (Å²) in [6.07, 6.45) is 3.27. The minimum Gasteiger partial charge on any atom is -0.466 e. The first kappa shape index (κ1) is 15.4. The van der Waals surface area contributed by atoms with E-state index in [9.17, 15) is 4.79 Å². The Balaban J connectivity index is 3.38. The molecule has 0 bridgehead atoms. The average molecular weight is 232 g/mol. The number of hydrogen-bond donors (Lipinski definition) is 0. The fraction of sp³-hybridized carbons (Fsp3) is 0.917. The van der Waals surface area contributed by atoms with Gasteiger partial charge in [0.25, 0.3) is 0 Å². The van der Waals surface area contributed by atoms with Crippen LogP contribution >= 0.6 is 0 Å². The van der Waals surface area contributed by atoms with Crippen LogP contribution in [0, 0.1) is 0 Å². The number of methoxy groups -OCH3 is 2. The molecule has 4 nitrogen and oxygen atoms in total. The normalized spacial score (nSPS) is 14.5. The lowest BCUT2D eigenvalue weighted by atomic mass is 10.2. The van der Waals surface area contributed by atoms with Crippen LogP contribution in [0.2, 0.25) is 0 Å². The summed E-state index contributed by atoms with van der Waals surface area (Å²) in [6.45, 7) is 4.38. The Morgan fingerprint density at radius 3 is 2.19 bits per heavy atom. The van der Waals surface area contributed by atoms with Crippen LogP contribution in [-0.2, 0) is 19.0 Å². The van der Waals surface area contributed by atoms with Crippen molar-refractivity contribution in [3.8, 4) is 0 Å². The molecule has 0 N–H and O–H groups in total. The van der Waals surface area contributed by atoms with Gasteiger partial charge in [-0.15, -0.1) is 0 Å². The summed E-state index contributed by atoms with van der Waals surface area (Å²) >= 11 is 0. The first-order valence-corrected chi connectivity index (χ1v) is 5.81. The average Bonchev–Trinajstić information content (AvgIpc) is 2.28. The predicted molar refractivity (Wildman–Crippen MR) is 62.4 cm³/mol. The number of ether oxygens (including phenoxy) is 3. The molecule has 0 aliphatic carbocycles. The van der Waals surface area contributed by atoms with Gasteiger partial charge in [0.15, 0.2) is 0 Å². The summed E-state index contributed by atoms with van der Waals surface area (Å²) in [5.41, 5.74) is 0. The molecule has 0 aliphatic heterocycles. The van der Waals surface area contributed by atoms with E-state index in [1.807, 2.05) is 13.8 Å². The number of esters is 1. The lowest BCUT2D eigenvalue weighted by molar-refractivity contribution is -0.144. The van der Waals surface area contributed by atoms with Crippen molar-refractivity contribution in [1.29, 1.82) is 0 Å². The second kappa shape index (κ2) is 9.60. The summed E-state index contributed by atoms with van der Waals surface area (Å²) in [4.78, 5) is 11.3. The molecular formula is C12H24O4. The Kier molecular flexibility index (Phi) is 9.24. The highest BCUT2D eigenvalue weighted by atomic mass is 16.5. The molecule has 16 heavy (non-hydrogen) atoms. The van der Waals surface area contributed by atoms with E-state index in [1.54, 1.807) is 14.2 Å². The summed E-state index contributed by atoms with van der Waals surface area (Å²) in [6, 6.07) is 0. The molecular weight excluding hydrogens is 208 g/mol. The summed E-state index contributed by atoms with van der Waals surface area (Å²) in [5.74, 6) is -0.133. The van der Waals surface area contributed by atoms with Crippen LogP contribution in [0.1, 0.15) is 39.5 Å². The number of carbonyl (C=O) groups is 1. The van der Waals surface area contributed by atoms with E-state index in [4.69, 9.17) is 14.2 Å². The van der Waals surface area contributed by atoms with Crippen LogP contribution in [0.5, 0.6) is 0 Å². The first-order valence-electron chi connectivity index (χ1n) is 5.81. The molecule has 96 valence electrons. The third-order valence-electron chi connectivity index (χ3n) is 2.58. The van der Waals surface area contributed by atoms with E-state index in [0.29, 0.717) is 13.0 Å². The van der Waals surface area contributed by atoms with Crippen molar-refractivity contribution >= 4 is 5.97 Å². The lowest BCUT2D eigenvalue weighted by Crippen LogP contribution is -2.13. The second-order valence-electron chi connectivity index (χ2n) is 3.99. The highest BCUT2D eigenvalue weighted by Crippen LogP contribution is 2.05. The van der Waals surface area contributed by atoms with Gasteiger partial charge in [0.1, 0.15) is 0 Å². The van der Waals surface area contributed by atoms with Crippen LogP contribution in [0.15, 0.2) is 0 Å². The molecule has 0 aromatic rings. The molecule has 0 saturated carbocycles. The molecule has 0 radical (unpaired) electrons. The van der Waals surface area contributed by atoms with Crippen LogP contribution < -0.4 is 0 Å². The van der Waals surface area contributed by atoms with Crippen molar-refractivity contribution in [3.05, 3.63) is 0 Å². The fourth-order valence-corrected chi connectivity index (χ4v) is 1.18. The van der Waals surface area contributed by atoms with E-state index < -0.39 is 0 Å². The van der Waals surface area contributed by atoms with Crippen molar-refractivity contribution in [3.63, 3.8) is 0 Å². The second-order valence-corrected chi connectivity index (χ2v) is 3.99. The zero-order valence-electron chi connectivity index (χ0n) is 10.8. The molecule has 0 fully saturated rings. The number of carbonyl (C=O) groups excluding carboxylic acids is 1. The first-order chi connectivity index (χ1) is 7.60. The molecule has 0 spiro atoms. The molecule has 0 aromatic carbocycles. The van der Waals surface area contributed by atoms with Crippen LogP contribution in [-0.4, -0.2) is 39.0 Å². The third kappa shape index (κ3) is 8.68. The standard InChI is InChI=1S/C12H24O4/c1-10(14-3)6-5-7-12(13)16-9-8-11(2)15-4/h10-11H,5-9H2,1-4H3. The smallest absolute Gasteiger partial charge is 0.305 e. The van der Waals surface area contributed by atoms with E-state index in [2.05, 4.69) is 0 Å². The molecule has 0 aliphatic rings. The summed E-state index contributed by atoms with van der Waals surface area (Å²) < 4.78 is 15.2. The van der Waals surface area contributed by atoms with Crippen molar-refractivity contribution in [2.75, 3.05) is 20.8 Å². The highest BCUT2D eigenvalue weighted by Gasteiger charge is 2.06. The monoisotopic (exact) mass is 232 g/mol. The Hall–Kier alpha value is -0.610. The Morgan fingerprint density at radius 2 is 1.62 bits per heavy atom. The van der Waals surface area contributed by atoms with E-state index in [-0.39, 0.29) is 18.2 Å². The largest absolute Gasteiger partial charge is 0.466 e. The maximum Gasteiger partial charge on any atom is 0.305 e. The number of hydrogen-bond acceptors (Lipinski definition) is 4. The van der Waals surface area contributed by atoms with Crippen molar-refractivity contribution in [1.82, 2.24) is 0 Å². The van der Waals surface area contributed by atoms with Gasteiger partial charge in [-0.1, -0.05) is 0 Å². The zero-order chi connectivity index (χ0) is 12.4. The molecule has 2 unspecified atom stereocenters. The van der Waals surface area contributed by atoms with E-state index in [1.165, 1.54) is 0 Å². The van der Waals surface area contributed by atoms with Crippen LogP contribution in [0.25, 0.3) is 0 Å². The van der Waals surface area contributed by atoms with Gasteiger partial charge in [-0.25, -0.2) is 0 Å². The Bertz CT molecular complexity index is 164. The maximum atomic E-state index is 11.3. The van der Waals surface area contributed by atoms with Crippen molar-refractivity contribution in [2.45, 2.75) is 51.7 Å². The topological polar surface area (TPSA) is 44.8 Å². The maximum absolute atomic E-state index is 11.3. The van der Waals surface area contributed by atoms with Gasteiger partial charge in [0.05, 0.1) is 18.8 Å². The minimum atomic E-state index is -0.133. The third-order valence-corrected chi connectivity index (χ3v) is 2.58. The van der Waals surface area contributed by atoms with Crippen LogP contribution in [0.3, 0.4) is 0 Å². The highest BCUT2D eigenvalue weighted by molar-refractivity contribution is 5.69. The SMILES string of the molecule is COC(C)CCCC(=O)OCCC(C)OC. The summed E-state index contributed by atoms with van der Waals surface area (Å²) in [5, 5.41) is 0. The zero-order valence-corrected chi connectivity index (χ0v) is 10.8. The van der Waals surface area contributed by atoms with Gasteiger partial charge in [0, 0.05) is 27.1 Å². The van der Waals surface area contributed by atoms with Gasteiger partial charge in [-0.05, 0) is 26.7 Å². The molecule has 0 rings (SSSR count). The van der Waals surface area contributed by atoms with Crippen LogP contribution in [0.4, 0.5) is 0 Å². The van der Waals surface area contributed by atoms with Gasteiger partial charge in [0.2, 0.25) is 0 Å². The fourth-order valence-electron chi connectivity index (χ4n) is 1.18. The van der Waals surface area contributed by atoms with Gasteiger partial charge < -0.3 is 14.2 Å². The van der Waals surface area contributed by atoms with Gasteiger partial charge in [-0.2, -0.15) is 0 Å². The molecule has 2 atom stereocenters. The van der Waals surface area contributed by atoms with E-state index >= 15 is 0 Å². The van der Waals surface area contributed by atoms with E-state index in [0.717, 1.165) is 19.3 Å². The predicted octanol–water partition coefficient (Wildman–Crippen LogP) is 2.16. The molecule has 0 amide bonds. The number of rotatable bonds is 9. The minimum absolute atomic E-state index is 0.133. The van der Waals surface area contributed by atoms with Crippen molar-refractivity contribution in [2.24, 2.45) is 0 Å². The van der Waals surface area contributed by atoms with Crippen molar-refractivity contribution < 1.29 is 19.0 Å². The summed E-state index contributed by atoms with van der Waals surface area (Å²) in [7, 11) is 3.33. The Morgan fingerprint density at radius 1 is 1.06 bits per heavy atom. The molecule has 0 aromatic heterocycles. The quantitative estimate of drug-likeness (QED) is 0.571. The van der Waals surface area contributed by atoms with Gasteiger partial charge >= 0.3 is 5.97 Å². The molecule has 4 heteroatoms. The van der Waals surface area contributed by atoms with Gasteiger partial charge in [-0.3, -0.25) is 4.79 Å². The Labute approximate surface area is 98.3 Å². The molecule has 0 heterocycles. The molecule has 0 saturated heterocycles. The lowest BCUT2D eigenvalue weighted by Gasteiger charge is -2.10.